The minimum Gasteiger partial charge on any atom is -0.497 e. The summed E-state index contributed by atoms with van der Waals surface area (Å²) in [6, 6.07) is 5.33. The SMILES string of the molecule is COc1ccc(Cn2c(=O)nc(N3CC4CC[C@](C)(N4)C3C(C)(C)C)c3c(F)c(F)cc(F)c32)c(OC)c1. The van der Waals surface area contributed by atoms with E-state index >= 15 is 8.78 Å². The smallest absolute Gasteiger partial charge is 0.350 e. The van der Waals surface area contributed by atoms with Gasteiger partial charge in [-0.2, -0.15) is 4.98 Å². The Kier molecular flexibility index (Phi) is 6.37. The Balaban J connectivity index is 1.76. The number of piperazine rings is 1. The van der Waals surface area contributed by atoms with Crippen LogP contribution in [0.2, 0.25) is 0 Å². The number of fused-ring (bicyclic) bond motifs is 3. The van der Waals surface area contributed by atoms with Gasteiger partial charge in [0.1, 0.15) is 17.3 Å². The minimum absolute atomic E-state index is 0.0293. The van der Waals surface area contributed by atoms with Crippen LogP contribution in [0, 0.1) is 22.9 Å². The molecule has 0 radical (unpaired) electrons. The predicted molar refractivity (Wildman–Crippen MR) is 140 cm³/mol. The minimum atomic E-state index is -1.33. The Morgan fingerprint density at radius 3 is 2.53 bits per heavy atom. The molecule has 2 saturated heterocycles. The van der Waals surface area contributed by atoms with Gasteiger partial charge in [-0.05, 0) is 37.3 Å². The number of ether oxygens (including phenoxy) is 2. The highest BCUT2D eigenvalue weighted by Crippen LogP contribution is 2.45. The standard InChI is InChI=1S/C28H33F3N4O3/c1-27(2,3)25-28(4)10-9-16(33-28)14-35(25)24-21-22(31)18(29)12-19(30)23(21)34(26(36)32-24)13-15-7-8-17(37-5)11-20(15)38-6/h7-8,11-12,16,25,33H,9-10,13-14H2,1-6H3/t16?,25?,28-/m0/s1. The molecule has 2 aliphatic rings. The molecule has 10 heteroatoms. The summed E-state index contributed by atoms with van der Waals surface area (Å²) >= 11 is 0. The Morgan fingerprint density at radius 1 is 1.13 bits per heavy atom. The highest BCUT2D eigenvalue weighted by molar-refractivity contribution is 5.91. The number of rotatable bonds is 5. The molecular formula is C28H33F3N4O3. The monoisotopic (exact) mass is 530 g/mol. The van der Waals surface area contributed by atoms with Crippen LogP contribution in [0.15, 0.2) is 29.1 Å². The number of hydrogen-bond acceptors (Lipinski definition) is 6. The van der Waals surface area contributed by atoms with Gasteiger partial charge in [0.15, 0.2) is 17.5 Å². The molecule has 38 heavy (non-hydrogen) atoms. The van der Waals surface area contributed by atoms with Crippen LogP contribution >= 0.6 is 0 Å². The lowest BCUT2D eigenvalue weighted by Gasteiger charge is -2.53. The molecule has 2 unspecified atom stereocenters. The molecule has 3 aromatic rings. The number of methoxy groups -OCH3 is 2. The number of aromatic nitrogens is 2. The summed E-state index contributed by atoms with van der Waals surface area (Å²) in [6.07, 6.45) is 1.78. The van der Waals surface area contributed by atoms with E-state index in [1.165, 1.54) is 14.2 Å². The van der Waals surface area contributed by atoms with Crippen LogP contribution in [0.1, 0.15) is 46.1 Å². The summed E-state index contributed by atoms with van der Waals surface area (Å²) in [7, 11) is 2.97. The number of benzene rings is 2. The first-order chi connectivity index (χ1) is 17.9. The molecule has 0 amide bonds. The Hall–Kier alpha value is -3.27. The number of nitrogens with one attached hydrogen (secondary N) is 1. The molecule has 5 rings (SSSR count). The maximum atomic E-state index is 15.6. The second kappa shape index (κ2) is 9.18. The molecule has 1 aromatic heterocycles. The van der Waals surface area contributed by atoms with E-state index < -0.39 is 23.1 Å². The second-order valence-corrected chi connectivity index (χ2v) is 11.6. The molecular weight excluding hydrogens is 497 g/mol. The molecule has 2 bridgehead atoms. The van der Waals surface area contributed by atoms with E-state index in [0.717, 1.165) is 17.4 Å². The van der Waals surface area contributed by atoms with Gasteiger partial charge in [-0.15, -0.1) is 0 Å². The third-order valence-corrected chi connectivity index (χ3v) is 7.86. The fourth-order valence-corrected chi connectivity index (χ4v) is 6.62. The Morgan fingerprint density at radius 2 is 1.87 bits per heavy atom. The number of hydrogen-bond donors (Lipinski definition) is 1. The molecule has 2 aliphatic heterocycles. The summed E-state index contributed by atoms with van der Waals surface area (Å²) in [5.41, 5.74) is -1.24. The van der Waals surface area contributed by atoms with Gasteiger partial charge in [0, 0.05) is 35.8 Å². The van der Waals surface area contributed by atoms with Crippen LogP contribution in [0.3, 0.4) is 0 Å². The van der Waals surface area contributed by atoms with Crippen molar-refractivity contribution in [3.63, 3.8) is 0 Å². The van der Waals surface area contributed by atoms with E-state index in [1.54, 1.807) is 18.2 Å². The molecule has 0 saturated carbocycles. The first-order valence-electron chi connectivity index (χ1n) is 12.7. The summed E-state index contributed by atoms with van der Waals surface area (Å²) in [5, 5.41) is 3.33. The van der Waals surface area contributed by atoms with Gasteiger partial charge in [-0.1, -0.05) is 20.8 Å². The van der Waals surface area contributed by atoms with Crippen LogP contribution in [0.25, 0.3) is 10.9 Å². The molecule has 3 heterocycles. The van der Waals surface area contributed by atoms with Crippen LogP contribution in [-0.2, 0) is 6.54 Å². The van der Waals surface area contributed by atoms with Crippen LogP contribution in [0.5, 0.6) is 11.5 Å². The van der Waals surface area contributed by atoms with E-state index in [0.29, 0.717) is 29.7 Å². The first kappa shape index (κ1) is 26.3. The zero-order valence-electron chi connectivity index (χ0n) is 22.5. The van der Waals surface area contributed by atoms with Gasteiger partial charge in [0.25, 0.3) is 0 Å². The average molecular weight is 531 g/mol. The van der Waals surface area contributed by atoms with Crippen molar-refractivity contribution in [2.45, 2.75) is 64.7 Å². The van der Waals surface area contributed by atoms with E-state index in [4.69, 9.17) is 9.47 Å². The maximum absolute atomic E-state index is 15.6. The summed E-state index contributed by atoms with van der Waals surface area (Å²) in [6.45, 7) is 8.56. The fourth-order valence-electron chi connectivity index (χ4n) is 6.62. The van der Waals surface area contributed by atoms with Crippen molar-refractivity contribution >= 4 is 16.7 Å². The topological polar surface area (TPSA) is 68.6 Å². The van der Waals surface area contributed by atoms with E-state index in [9.17, 15) is 9.18 Å². The Bertz CT molecular complexity index is 1470. The van der Waals surface area contributed by atoms with E-state index in [1.807, 2.05) is 4.90 Å². The normalized spacial score (nSPS) is 23.2. The van der Waals surface area contributed by atoms with E-state index in [-0.39, 0.29) is 46.3 Å². The zero-order chi connectivity index (χ0) is 27.6. The molecule has 0 spiro atoms. The number of halogens is 3. The van der Waals surface area contributed by atoms with Crippen molar-refractivity contribution in [3.8, 4) is 11.5 Å². The summed E-state index contributed by atoms with van der Waals surface area (Å²) in [5.74, 6) is -2.70. The van der Waals surface area contributed by atoms with Gasteiger partial charge in [0.2, 0.25) is 0 Å². The van der Waals surface area contributed by atoms with Gasteiger partial charge in [-0.25, -0.2) is 18.0 Å². The Labute approximate surface area is 219 Å². The van der Waals surface area contributed by atoms with Gasteiger partial charge in [0.05, 0.1) is 37.7 Å². The zero-order valence-corrected chi connectivity index (χ0v) is 22.5. The van der Waals surface area contributed by atoms with Crippen molar-refractivity contribution in [3.05, 3.63) is 57.8 Å². The molecule has 3 atom stereocenters. The van der Waals surface area contributed by atoms with E-state index in [2.05, 4.69) is 38.0 Å². The van der Waals surface area contributed by atoms with Crippen LogP contribution < -0.4 is 25.4 Å². The average Bonchev–Trinajstić information content (AvgIpc) is 3.15. The molecule has 1 N–H and O–H groups in total. The fraction of sp³-hybridized carbons (Fsp3) is 0.500. The van der Waals surface area contributed by atoms with Crippen molar-refractivity contribution in [1.29, 1.82) is 0 Å². The van der Waals surface area contributed by atoms with Gasteiger partial charge >= 0.3 is 5.69 Å². The van der Waals surface area contributed by atoms with Crippen LogP contribution in [-0.4, -0.2) is 47.9 Å². The molecule has 7 nitrogen and oxygen atoms in total. The van der Waals surface area contributed by atoms with Crippen molar-refractivity contribution in [2.24, 2.45) is 5.41 Å². The largest absolute Gasteiger partial charge is 0.497 e. The lowest BCUT2D eigenvalue weighted by atomic mass is 9.73. The van der Waals surface area contributed by atoms with Gasteiger partial charge in [-0.3, -0.25) is 4.57 Å². The highest BCUT2D eigenvalue weighted by atomic mass is 19.2. The van der Waals surface area contributed by atoms with Crippen molar-refractivity contribution in [1.82, 2.24) is 14.9 Å². The number of anilines is 1. The highest BCUT2D eigenvalue weighted by Gasteiger charge is 2.53. The second-order valence-electron chi connectivity index (χ2n) is 11.6. The van der Waals surface area contributed by atoms with Crippen LogP contribution in [0.4, 0.5) is 19.0 Å². The summed E-state index contributed by atoms with van der Waals surface area (Å²) < 4.78 is 57.6. The summed E-state index contributed by atoms with van der Waals surface area (Å²) in [4.78, 5) is 19.7. The van der Waals surface area contributed by atoms with Gasteiger partial charge < -0.3 is 19.7 Å². The molecule has 2 fully saturated rings. The maximum Gasteiger partial charge on any atom is 0.350 e. The quantitative estimate of drug-likeness (QED) is 0.486. The first-order valence-corrected chi connectivity index (χ1v) is 12.7. The third kappa shape index (κ3) is 4.19. The third-order valence-electron chi connectivity index (χ3n) is 7.86. The number of nitrogens with zero attached hydrogens (tertiary/aromatic N) is 3. The van der Waals surface area contributed by atoms with Crippen molar-refractivity contribution in [2.75, 3.05) is 25.7 Å². The lowest BCUT2D eigenvalue weighted by Crippen LogP contribution is -2.69. The lowest BCUT2D eigenvalue weighted by molar-refractivity contribution is 0.158. The molecule has 2 aromatic carbocycles. The predicted octanol–water partition coefficient (Wildman–Crippen LogP) is 4.62. The molecule has 0 aliphatic carbocycles. The van der Waals surface area contributed by atoms with Crippen molar-refractivity contribution < 1.29 is 22.6 Å². The molecule has 204 valence electrons.